The minimum absolute atomic E-state index is 0.00297. The monoisotopic (exact) mass is 305 g/mol. The molecule has 0 unspecified atom stereocenters. The lowest BCUT2D eigenvalue weighted by molar-refractivity contribution is -0.127. The lowest BCUT2D eigenvalue weighted by Crippen LogP contribution is -2.53. The third-order valence-corrected chi connectivity index (χ3v) is 3.22. The summed E-state index contributed by atoms with van der Waals surface area (Å²) < 4.78 is 4.95. The highest BCUT2D eigenvalue weighted by Gasteiger charge is 2.24. The summed E-state index contributed by atoms with van der Waals surface area (Å²) in [6.07, 6.45) is 0.00297. The van der Waals surface area contributed by atoms with Gasteiger partial charge in [-0.3, -0.25) is 9.59 Å². The number of benzene rings is 1. The zero-order valence-corrected chi connectivity index (χ0v) is 12.3. The smallest absolute Gasteiger partial charge is 0.340 e. The van der Waals surface area contributed by atoms with Crippen LogP contribution in [0.5, 0.6) is 0 Å². The third kappa shape index (κ3) is 4.05. The quantitative estimate of drug-likeness (QED) is 0.679. The summed E-state index contributed by atoms with van der Waals surface area (Å²) >= 11 is 0. The molecule has 1 aliphatic heterocycles. The molecule has 7 nitrogen and oxygen atoms in total. The van der Waals surface area contributed by atoms with Gasteiger partial charge in [-0.1, -0.05) is 12.1 Å². The Labute approximate surface area is 128 Å². The van der Waals surface area contributed by atoms with Crippen LogP contribution in [0.25, 0.3) is 0 Å². The Hall–Kier alpha value is -2.41. The Bertz CT molecular complexity index is 574. The first-order chi connectivity index (χ1) is 10.6. The molecule has 0 radical (unpaired) electrons. The molecule has 0 aliphatic carbocycles. The normalized spacial score (nSPS) is 17.5. The van der Waals surface area contributed by atoms with Crippen LogP contribution in [-0.2, 0) is 14.3 Å². The second-order valence-corrected chi connectivity index (χ2v) is 4.82. The van der Waals surface area contributed by atoms with Crippen molar-refractivity contribution in [3.63, 3.8) is 0 Å². The average molecular weight is 305 g/mol. The Balaban J connectivity index is 2.02. The van der Waals surface area contributed by atoms with Crippen LogP contribution >= 0.6 is 0 Å². The number of para-hydroxylation sites is 1. The largest absolute Gasteiger partial charge is 0.462 e. The van der Waals surface area contributed by atoms with Crippen LogP contribution in [0.15, 0.2) is 24.3 Å². The van der Waals surface area contributed by atoms with Gasteiger partial charge in [-0.2, -0.15) is 0 Å². The minimum atomic E-state index is -0.552. The molecule has 7 heteroatoms. The summed E-state index contributed by atoms with van der Waals surface area (Å²) in [5.74, 6) is -1.03. The Morgan fingerprint density at radius 3 is 2.82 bits per heavy atom. The molecule has 0 saturated carbocycles. The molecule has 118 valence electrons. The molecule has 1 saturated heterocycles. The van der Waals surface area contributed by atoms with Gasteiger partial charge in [0, 0.05) is 13.1 Å². The van der Waals surface area contributed by atoms with Crippen molar-refractivity contribution >= 4 is 23.5 Å². The van der Waals surface area contributed by atoms with E-state index in [-0.39, 0.29) is 24.8 Å². The minimum Gasteiger partial charge on any atom is -0.462 e. The van der Waals surface area contributed by atoms with E-state index < -0.39 is 12.0 Å². The maximum atomic E-state index is 12.1. The number of rotatable bonds is 5. The summed E-state index contributed by atoms with van der Waals surface area (Å²) in [7, 11) is 0. The molecule has 0 bridgehead atoms. The maximum absolute atomic E-state index is 12.1. The highest BCUT2D eigenvalue weighted by atomic mass is 16.5. The number of hydrogen-bond donors (Lipinski definition) is 3. The number of hydrogen-bond acceptors (Lipinski definition) is 5. The van der Waals surface area contributed by atoms with Crippen molar-refractivity contribution in [3.05, 3.63) is 29.8 Å². The van der Waals surface area contributed by atoms with Crippen LogP contribution in [-0.4, -0.2) is 43.5 Å². The van der Waals surface area contributed by atoms with Gasteiger partial charge in [0.25, 0.3) is 0 Å². The first-order valence-corrected chi connectivity index (χ1v) is 7.19. The Kier molecular flexibility index (Phi) is 5.48. The highest BCUT2D eigenvalue weighted by molar-refractivity contribution is 6.02. The van der Waals surface area contributed by atoms with Crippen molar-refractivity contribution in [2.75, 3.05) is 25.0 Å². The van der Waals surface area contributed by atoms with Crippen molar-refractivity contribution in [3.8, 4) is 0 Å². The lowest BCUT2D eigenvalue weighted by atomic mass is 10.1. The number of esters is 1. The van der Waals surface area contributed by atoms with Crippen molar-refractivity contribution in [1.29, 1.82) is 0 Å². The summed E-state index contributed by atoms with van der Waals surface area (Å²) in [6.45, 7) is 3.16. The molecule has 3 N–H and O–H groups in total. The first kappa shape index (κ1) is 16.0. The molecular weight excluding hydrogens is 286 g/mol. The molecule has 1 aliphatic rings. The Morgan fingerprint density at radius 2 is 2.09 bits per heavy atom. The van der Waals surface area contributed by atoms with E-state index in [2.05, 4.69) is 16.0 Å². The zero-order valence-electron chi connectivity index (χ0n) is 12.3. The standard InChI is InChI=1S/C15H19N3O4/c1-2-22-15(21)10-5-3-4-6-11(10)18-13(19)9-12-14(20)17-8-7-16-12/h3-6,12,16H,2,7-9H2,1H3,(H,17,20)(H,18,19)/t12-/m1/s1. The van der Waals surface area contributed by atoms with Crippen molar-refractivity contribution in [2.24, 2.45) is 0 Å². The fourth-order valence-electron chi connectivity index (χ4n) is 2.18. The first-order valence-electron chi connectivity index (χ1n) is 7.19. The van der Waals surface area contributed by atoms with E-state index in [9.17, 15) is 14.4 Å². The number of amides is 2. The van der Waals surface area contributed by atoms with Gasteiger partial charge in [0.05, 0.1) is 30.3 Å². The molecule has 1 aromatic rings. The van der Waals surface area contributed by atoms with Crippen LogP contribution in [0.1, 0.15) is 23.7 Å². The van der Waals surface area contributed by atoms with Crippen LogP contribution in [0.4, 0.5) is 5.69 Å². The van der Waals surface area contributed by atoms with E-state index in [0.29, 0.717) is 24.3 Å². The topological polar surface area (TPSA) is 96.5 Å². The van der Waals surface area contributed by atoms with E-state index in [0.717, 1.165) is 0 Å². The molecule has 22 heavy (non-hydrogen) atoms. The van der Waals surface area contributed by atoms with E-state index in [1.165, 1.54) is 0 Å². The van der Waals surface area contributed by atoms with Gasteiger partial charge >= 0.3 is 5.97 Å². The number of anilines is 1. The fourth-order valence-corrected chi connectivity index (χ4v) is 2.18. The molecule has 1 fully saturated rings. The molecule has 1 aromatic carbocycles. The molecule has 2 rings (SSSR count). The van der Waals surface area contributed by atoms with Crippen molar-refractivity contribution < 1.29 is 19.1 Å². The molecule has 0 aromatic heterocycles. The van der Waals surface area contributed by atoms with Gasteiger partial charge in [0.15, 0.2) is 0 Å². The van der Waals surface area contributed by atoms with E-state index in [4.69, 9.17) is 4.74 Å². The summed E-state index contributed by atoms with van der Waals surface area (Å²) in [6, 6.07) is 6.06. The second-order valence-electron chi connectivity index (χ2n) is 4.82. The van der Waals surface area contributed by atoms with Crippen molar-refractivity contribution in [1.82, 2.24) is 10.6 Å². The summed E-state index contributed by atoms with van der Waals surface area (Å²) in [4.78, 5) is 35.5. The number of carbonyl (C=O) groups is 3. The fraction of sp³-hybridized carbons (Fsp3) is 0.400. The van der Waals surface area contributed by atoms with E-state index in [1.807, 2.05) is 0 Å². The maximum Gasteiger partial charge on any atom is 0.340 e. The van der Waals surface area contributed by atoms with Crippen LogP contribution in [0.3, 0.4) is 0 Å². The van der Waals surface area contributed by atoms with E-state index >= 15 is 0 Å². The van der Waals surface area contributed by atoms with Gasteiger partial charge in [-0.15, -0.1) is 0 Å². The highest BCUT2D eigenvalue weighted by Crippen LogP contribution is 2.16. The SMILES string of the molecule is CCOC(=O)c1ccccc1NC(=O)C[C@H]1NCCNC1=O. The second kappa shape index (κ2) is 7.56. The average Bonchev–Trinajstić information content (AvgIpc) is 2.50. The van der Waals surface area contributed by atoms with Gasteiger partial charge in [0.1, 0.15) is 0 Å². The summed E-state index contributed by atoms with van der Waals surface area (Å²) in [5.41, 5.74) is 0.668. The predicted molar refractivity (Wildman–Crippen MR) is 80.4 cm³/mol. The predicted octanol–water partition coefficient (Wildman–Crippen LogP) is 0.280. The molecule has 2 amide bonds. The van der Waals surface area contributed by atoms with Gasteiger partial charge in [-0.25, -0.2) is 4.79 Å². The van der Waals surface area contributed by atoms with Crippen LogP contribution in [0, 0.1) is 0 Å². The van der Waals surface area contributed by atoms with Crippen LogP contribution in [0.2, 0.25) is 0 Å². The number of ether oxygens (including phenoxy) is 1. The molecule has 0 spiro atoms. The number of piperazine rings is 1. The third-order valence-electron chi connectivity index (χ3n) is 3.22. The zero-order chi connectivity index (χ0) is 15.9. The Morgan fingerprint density at radius 1 is 1.32 bits per heavy atom. The number of nitrogens with one attached hydrogen (secondary N) is 3. The number of carbonyl (C=O) groups excluding carboxylic acids is 3. The van der Waals surface area contributed by atoms with E-state index in [1.54, 1.807) is 31.2 Å². The molecule has 1 heterocycles. The van der Waals surface area contributed by atoms with Gasteiger partial charge in [0.2, 0.25) is 11.8 Å². The summed E-state index contributed by atoms with van der Waals surface area (Å²) in [5, 5.41) is 8.33. The van der Waals surface area contributed by atoms with Gasteiger partial charge < -0.3 is 20.7 Å². The van der Waals surface area contributed by atoms with Crippen molar-refractivity contribution in [2.45, 2.75) is 19.4 Å². The van der Waals surface area contributed by atoms with Gasteiger partial charge in [-0.05, 0) is 19.1 Å². The molecular formula is C15H19N3O4. The molecule has 1 atom stereocenters. The lowest BCUT2D eigenvalue weighted by Gasteiger charge is -2.23. The van der Waals surface area contributed by atoms with Crippen LogP contribution < -0.4 is 16.0 Å².